The first kappa shape index (κ1) is 10.9. The van der Waals surface area contributed by atoms with Gasteiger partial charge in [-0.15, -0.1) is 11.3 Å². The molecule has 1 N–H and O–H groups in total. The fourth-order valence-electron chi connectivity index (χ4n) is 2.00. The van der Waals surface area contributed by atoms with Crippen LogP contribution < -0.4 is 0 Å². The lowest BCUT2D eigenvalue weighted by molar-refractivity contribution is 0.282. The molecule has 0 radical (unpaired) electrons. The molecule has 3 rings (SSSR count). The number of rotatable bonds is 3. The Morgan fingerprint density at radius 3 is 2.76 bits per heavy atom. The highest BCUT2D eigenvalue weighted by Gasteiger charge is 2.25. The monoisotopic (exact) mass is 248 g/mol. The molecule has 0 saturated heterocycles. The molecule has 1 nitrogen and oxygen atoms in total. The highest BCUT2D eigenvalue weighted by atomic mass is 32.1. The van der Waals surface area contributed by atoms with E-state index in [-0.39, 0.29) is 12.4 Å². The zero-order chi connectivity index (χ0) is 11.8. The molecule has 88 valence electrons. The predicted molar refractivity (Wildman–Crippen MR) is 67.6 cm³/mol. The second kappa shape index (κ2) is 4.24. The summed E-state index contributed by atoms with van der Waals surface area (Å²) in [6, 6.07) is 8.72. The quantitative estimate of drug-likeness (QED) is 0.872. The van der Waals surface area contributed by atoms with E-state index >= 15 is 0 Å². The van der Waals surface area contributed by atoms with Crippen molar-refractivity contribution in [1.82, 2.24) is 0 Å². The van der Waals surface area contributed by atoms with Gasteiger partial charge < -0.3 is 5.11 Å². The molecule has 1 aliphatic carbocycles. The average molecular weight is 248 g/mol. The molecule has 0 spiro atoms. The zero-order valence-corrected chi connectivity index (χ0v) is 10.1. The molecule has 1 fully saturated rings. The third-order valence-corrected chi connectivity index (χ3v) is 4.40. The van der Waals surface area contributed by atoms with Crippen LogP contribution in [0, 0.1) is 5.82 Å². The van der Waals surface area contributed by atoms with Gasteiger partial charge in [0.05, 0.1) is 6.61 Å². The summed E-state index contributed by atoms with van der Waals surface area (Å²) in [6.07, 6.45) is 2.55. The van der Waals surface area contributed by atoms with Gasteiger partial charge in [0.2, 0.25) is 0 Å². The second-order valence-corrected chi connectivity index (χ2v) is 5.55. The highest BCUT2D eigenvalue weighted by molar-refractivity contribution is 7.15. The van der Waals surface area contributed by atoms with Gasteiger partial charge in [0, 0.05) is 15.3 Å². The number of hydrogen-bond donors (Lipinski definition) is 1. The van der Waals surface area contributed by atoms with Crippen LogP contribution in [0.25, 0.3) is 10.4 Å². The Morgan fingerprint density at radius 2 is 2.06 bits per heavy atom. The van der Waals surface area contributed by atoms with Gasteiger partial charge in [-0.05, 0) is 48.6 Å². The van der Waals surface area contributed by atoms with Crippen LogP contribution in [-0.4, -0.2) is 5.11 Å². The minimum absolute atomic E-state index is 0.0493. The number of benzene rings is 1. The van der Waals surface area contributed by atoms with E-state index in [4.69, 9.17) is 0 Å². The fourth-order valence-corrected chi connectivity index (χ4v) is 3.23. The summed E-state index contributed by atoms with van der Waals surface area (Å²) in [5.74, 6) is 0.471. The van der Waals surface area contributed by atoms with Crippen molar-refractivity contribution < 1.29 is 9.50 Å². The first-order valence-electron chi connectivity index (χ1n) is 5.77. The van der Waals surface area contributed by atoms with Crippen molar-refractivity contribution in [2.24, 2.45) is 0 Å². The zero-order valence-electron chi connectivity index (χ0n) is 9.32. The predicted octanol–water partition coefficient (Wildman–Crippen LogP) is 3.92. The molecule has 1 aromatic heterocycles. The molecule has 0 atom stereocenters. The molecule has 0 amide bonds. The van der Waals surface area contributed by atoms with Crippen molar-refractivity contribution >= 4 is 11.3 Å². The van der Waals surface area contributed by atoms with Gasteiger partial charge in [-0.25, -0.2) is 4.39 Å². The lowest BCUT2D eigenvalue weighted by atomic mass is 10.1. The molecular formula is C14H13FOS. The Balaban J connectivity index is 2.03. The van der Waals surface area contributed by atoms with Gasteiger partial charge in [-0.1, -0.05) is 6.07 Å². The molecule has 0 unspecified atom stereocenters. The summed E-state index contributed by atoms with van der Waals surface area (Å²) in [6.45, 7) is -0.0493. The van der Waals surface area contributed by atoms with Crippen LogP contribution in [0.1, 0.15) is 29.2 Å². The van der Waals surface area contributed by atoms with Crippen LogP contribution in [-0.2, 0) is 6.61 Å². The molecule has 2 aromatic rings. The highest BCUT2D eigenvalue weighted by Crippen LogP contribution is 2.45. The summed E-state index contributed by atoms with van der Waals surface area (Å²) >= 11 is 1.72. The van der Waals surface area contributed by atoms with E-state index in [2.05, 4.69) is 6.07 Å². The second-order valence-electron chi connectivity index (χ2n) is 4.44. The van der Waals surface area contributed by atoms with E-state index in [0.29, 0.717) is 0 Å². The molecule has 1 heterocycles. The Hall–Kier alpha value is -1.19. The van der Waals surface area contributed by atoms with Crippen molar-refractivity contribution in [3.8, 4) is 10.4 Å². The lowest BCUT2D eigenvalue weighted by Gasteiger charge is -2.05. The van der Waals surface area contributed by atoms with Crippen LogP contribution in [0.4, 0.5) is 4.39 Å². The SMILES string of the molecule is OCc1ccc(F)cc1-c1ccc(C2CC2)s1. The van der Waals surface area contributed by atoms with Gasteiger partial charge >= 0.3 is 0 Å². The minimum atomic E-state index is -0.251. The Kier molecular flexibility index (Phi) is 2.73. The van der Waals surface area contributed by atoms with Crippen molar-refractivity contribution in [2.75, 3.05) is 0 Å². The van der Waals surface area contributed by atoms with Crippen LogP contribution in [0.5, 0.6) is 0 Å². The molecule has 1 saturated carbocycles. The summed E-state index contributed by atoms with van der Waals surface area (Å²) in [5.41, 5.74) is 1.61. The lowest BCUT2D eigenvalue weighted by Crippen LogP contribution is -1.88. The molecular weight excluding hydrogens is 235 g/mol. The first-order valence-corrected chi connectivity index (χ1v) is 6.59. The van der Waals surface area contributed by atoms with Crippen molar-refractivity contribution in [2.45, 2.75) is 25.4 Å². The third-order valence-electron chi connectivity index (χ3n) is 3.11. The number of thiophene rings is 1. The number of aliphatic hydroxyl groups excluding tert-OH is 1. The fraction of sp³-hybridized carbons (Fsp3) is 0.286. The standard InChI is InChI=1S/C14H13FOS/c15-11-4-3-10(8-16)12(7-11)14-6-5-13(17-14)9-1-2-9/h3-7,9,16H,1-2,8H2. The van der Waals surface area contributed by atoms with E-state index in [1.807, 2.05) is 6.07 Å². The first-order chi connectivity index (χ1) is 8.28. The number of halogens is 1. The molecule has 3 heteroatoms. The Labute approximate surface area is 104 Å². The summed E-state index contributed by atoms with van der Waals surface area (Å²) < 4.78 is 13.3. The van der Waals surface area contributed by atoms with E-state index in [1.54, 1.807) is 17.4 Å². The smallest absolute Gasteiger partial charge is 0.123 e. The van der Waals surface area contributed by atoms with Gasteiger partial charge in [0.1, 0.15) is 5.82 Å². The largest absolute Gasteiger partial charge is 0.392 e. The van der Waals surface area contributed by atoms with Gasteiger partial charge in [0.25, 0.3) is 0 Å². The maximum absolute atomic E-state index is 13.3. The minimum Gasteiger partial charge on any atom is -0.392 e. The van der Waals surface area contributed by atoms with E-state index < -0.39 is 0 Å². The normalized spacial score (nSPS) is 15.2. The maximum Gasteiger partial charge on any atom is 0.123 e. The molecule has 1 aliphatic rings. The average Bonchev–Trinajstić information content (AvgIpc) is 3.07. The molecule has 17 heavy (non-hydrogen) atoms. The topological polar surface area (TPSA) is 20.2 Å². The Morgan fingerprint density at radius 1 is 1.24 bits per heavy atom. The number of hydrogen-bond acceptors (Lipinski definition) is 2. The molecule has 0 bridgehead atoms. The summed E-state index contributed by atoms with van der Waals surface area (Å²) in [4.78, 5) is 2.43. The van der Waals surface area contributed by atoms with Crippen molar-refractivity contribution in [3.05, 3.63) is 46.6 Å². The number of aliphatic hydroxyl groups is 1. The van der Waals surface area contributed by atoms with Crippen LogP contribution in [0.3, 0.4) is 0 Å². The van der Waals surface area contributed by atoms with E-state index in [1.165, 1.54) is 29.9 Å². The van der Waals surface area contributed by atoms with E-state index in [0.717, 1.165) is 21.9 Å². The van der Waals surface area contributed by atoms with Gasteiger partial charge in [-0.2, -0.15) is 0 Å². The van der Waals surface area contributed by atoms with Crippen molar-refractivity contribution in [1.29, 1.82) is 0 Å². The summed E-state index contributed by atoms with van der Waals surface area (Å²) in [7, 11) is 0. The van der Waals surface area contributed by atoms with Gasteiger partial charge in [-0.3, -0.25) is 0 Å². The molecule has 0 aliphatic heterocycles. The Bertz CT molecular complexity index is 543. The maximum atomic E-state index is 13.3. The van der Waals surface area contributed by atoms with E-state index in [9.17, 15) is 9.50 Å². The van der Waals surface area contributed by atoms with Crippen molar-refractivity contribution in [3.63, 3.8) is 0 Å². The van der Waals surface area contributed by atoms with Crippen LogP contribution in [0.15, 0.2) is 30.3 Å². The van der Waals surface area contributed by atoms with Crippen LogP contribution >= 0.6 is 11.3 Å². The van der Waals surface area contributed by atoms with Gasteiger partial charge in [0.15, 0.2) is 0 Å². The molecule has 1 aromatic carbocycles. The summed E-state index contributed by atoms with van der Waals surface area (Å²) in [5, 5.41) is 9.28. The van der Waals surface area contributed by atoms with Crippen LogP contribution in [0.2, 0.25) is 0 Å². The third kappa shape index (κ3) is 2.13.